The first-order valence-corrected chi connectivity index (χ1v) is 8.44. The lowest BCUT2D eigenvalue weighted by atomic mass is 10.3. The summed E-state index contributed by atoms with van der Waals surface area (Å²) in [5.41, 5.74) is -0.00322. The molecule has 1 aliphatic heterocycles. The SMILES string of the molecule is CC(C)n1cc(S(=O)(=O)N2CCCNCC2)cc1C(=O)O. The molecule has 0 bridgehead atoms. The average Bonchev–Trinajstić information content (AvgIpc) is 2.69. The van der Waals surface area contributed by atoms with Crippen LogP contribution >= 0.6 is 0 Å². The Hall–Kier alpha value is -1.38. The van der Waals surface area contributed by atoms with Crippen LogP contribution in [0.4, 0.5) is 0 Å². The van der Waals surface area contributed by atoms with E-state index in [1.807, 2.05) is 13.8 Å². The minimum atomic E-state index is -3.64. The van der Waals surface area contributed by atoms with Gasteiger partial charge in [0.05, 0.1) is 0 Å². The van der Waals surface area contributed by atoms with E-state index in [1.165, 1.54) is 21.1 Å². The van der Waals surface area contributed by atoms with Crippen molar-refractivity contribution >= 4 is 16.0 Å². The molecule has 0 aliphatic carbocycles. The van der Waals surface area contributed by atoms with Crippen LogP contribution in [0, 0.1) is 0 Å². The fraction of sp³-hybridized carbons (Fsp3) is 0.615. The van der Waals surface area contributed by atoms with Gasteiger partial charge in [-0.2, -0.15) is 4.31 Å². The standard InChI is InChI=1S/C13H21N3O4S/c1-10(2)16-9-11(8-12(16)13(17)18)21(19,20)15-6-3-4-14-5-7-15/h8-10,14H,3-7H2,1-2H3,(H,17,18). The number of hydrogen-bond acceptors (Lipinski definition) is 4. The Kier molecular flexibility index (Phi) is 4.70. The maximum Gasteiger partial charge on any atom is 0.352 e. The molecule has 7 nitrogen and oxygen atoms in total. The number of aromatic carboxylic acids is 1. The second-order valence-electron chi connectivity index (χ2n) is 5.37. The molecule has 1 fully saturated rings. The van der Waals surface area contributed by atoms with Crippen LogP contribution in [0.2, 0.25) is 0 Å². The molecule has 0 radical (unpaired) electrons. The highest BCUT2D eigenvalue weighted by atomic mass is 32.2. The smallest absolute Gasteiger partial charge is 0.352 e. The monoisotopic (exact) mass is 315 g/mol. The van der Waals surface area contributed by atoms with Gasteiger partial charge >= 0.3 is 5.97 Å². The van der Waals surface area contributed by atoms with Crippen LogP contribution < -0.4 is 5.32 Å². The van der Waals surface area contributed by atoms with E-state index in [4.69, 9.17) is 0 Å². The minimum absolute atomic E-state index is 0.00322. The molecule has 0 spiro atoms. The first kappa shape index (κ1) is 16.0. The normalized spacial score (nSPS) is 17.9. The van der Waals surface area contributed by atoms with E-state index >= 15 is 0 Å². The molecule has 1 aromatic rings. The van der Waals surface area contributed by atoms with Crippen molar-refractivity contribution in [3.8, 4) is 0 Å². The third kappa shape index (κ3) is 3.28. The lowest BCUT2D eigenvalue weighted by molar-refractivity contribution is 0.0683. The number of nitrogens with one attached hydrogen (secondary N) is 1. The molecule has 21 heavy (non-hydrogen) atoms. The van der Waals surface area contributed by atoms with Gasteiger partial charge in [0.1, 0.15) is 10.6 Å². The highest BCUT2D eigenvalue weighted by Gasteiger charge is 2.28. The summed E-state index contributed by atoms with van der Waals surface area (Å²) in [6, 6.07) is 1.13. The molecule has 0 atom stereocenters. The Morgan fingerprint density at radius 3 is 2.62 bits per heavy atom. The molecule has 0 saturated carbocycles. The predicted molar refractivity (Wildman–Crippen MR) is 78.0 cm³/mol. The van der Waals surface area contributed by atoms with Crippen LogP contribution in [0.15, 0.2) is 17.2 Å². The van der Waals surface area contributed by atoms with Gasteiger partial charge in [-0.25, -0.2) is 13.2 Å². The van der Waals surface area contributed by atoms with Crippen molar-refractivity contribution in [2.75, 3.05) is 26.2 Å². The molecule has 0 amide bonds. The number of carboxylic acid groups (broad SMARTS) is 1. The number of carbonyl (C=O) groups is 1. The molecule has 1 aliphatic rings. The molecule has 2 rings (SSSR count). The van der Waals surface area contributed by atoms with E-state index in [2.05, 4.69) is 5.32 Å². The summed E-state index contributed by atoms with van der Waals surface area (Å²) < 4.78 is 28.2. The van der Waals surface area contributed by atoms with Gasteiger partial charge in [0.2, 0.25) is 10.0 Å². The van der Waals surface area contributed by atoms with Crippen LogP contribution in [0.25, 0.3) is 0 Å². The lowest BCUT2D eigenvalue weighted by Gasteiger charge is -2.18. The summed E-state index contributed by atoms with van der Waals surface area (Å²) >= 11 is 0. The van der Waals surface area contributed by atoms with E-state index < -0.39 is 16.0 Å². The number of sulfonamides is 1. The molecule has 0 unspecified atom stereocenters. The quantitative estimate of drug-likeness (QED) is 0.855. The van der Waals surface area contributed by atoms with Crippen molar-refractivity contribution in [1.82, 2.24) is 14.2 Å². The molecule has 1 saturated heterocycles. The fourth-order valence-electron chi connectivity index (χ4n) is 2.40. The van der Waals surface area contributed by atoms with E-state index in [-0.39, 0.29) is 16.6 Å². The highest BCUT2D eigenvalue weighted by molar-refractivity contribution is 7.89. The zero-order valence-electron chi connectivity index (χ0n) is 12.2. The van der Waals surface area contributed by atoms with Gasteiger partial charge in [0, 0.05) is 31.9 Å². The van der Waals surface area contributed by atoms with E-state index in [1.54, 1.807) is 0 Å². The third-order valence-electron chi connectivity index (χ3n) is 3.54. The summed E-state index contributed by atoms with van der Waals surface area (Å²) in [4.78, 5) is 11.3. The Balaban J connectivity index is 2.40. The average molecular weight is 315 g/mol. The number of nitrogens with zero attached hydrogens (tertiary/aromatic N) is 2. The summed E-state index contributed by atoms with van der Waals surface area (Å²) in [5, 5.41) is 12.4. The zero-order valence-corrected chi connectivity index (χ0v) is 13.1. The van der Waals surface area contributed by atoms with Crippen LogP contribution in [-0.2, 0) is 10.0 Å². The Morgan fingerprint density at radius 2 is 2.05 bits per heavy atom. The molecular weight excluding hydrogens is 294 g/mol. The Bertz CT molecular complexity index is 613. The van der Waals surface area contributed by atoms with E-state index in [0.29, 0.717) is 19.6 Å². The number of carboxylic acids is 1. The maximum absolute atomic E-state index is 12.6. The Morgan fingerprint density at radius 1 is 1.33 bits per heavy atom. The van der Waals surface area contributed by atoms with Gasteiger partial charge in [-0.3, -0.25) is 0 Å². The predicted octanol–water partition coefficient (Wildman–Crippen LogP) is 0.751. The van der Waals surface area contributed by atoms with Gasteiger partial charge in [0.25, 0.3) is 0 Å². The van der Waals surface area contributed by atoms with Gasteiger partial charge < -0.3 is 15.0 Å². The topological polar surface area (TPSA) is 91.6 Å². The number of aromatic nitrogens is 1. The number of rotatable bonds is 4. The highest BCUT2D eigenvalue weighted by Crippen LogP contribution is 2.22. The number of hydrogen-bond donors (Lipinski definition) is 2. The van der Waals surface area contributed by atoms with Crippen LogP contribution in [0.5, 0.6) is 0 Å². The van der Waals surface area contributed by atoms with Crippen molar-refractivity contribution in [1.29, 1.82) is 0 Å². The first-order chi connectivity index (χ1) is 9.84. The van der Waals surface area contributed by atoms with Gasteiger partial charge in [-0.15, -0.1) is 0 Å². The molecular formula is C13H21N3O4S. The van der Waals surface area contributed by atoms with Crippen molar-refractivity contribution in [3.05, 3.63) is 18.0 Å². The first-order valence-electron chi connectivity index (χ1n) is 7.00. The van der Waals surface area contributed by atoms with Crippen molar-refractivity contribution in [2.45, 2.75) is 31.2 Å². The third-order valence-corrected chi connectivity index (χ3v) is 5.40. The fourth-order valence-corrected chi connectivity index (χ4v) is 3.91. The summed E-state index contributed by atoms with van der Waals surface area (Å²) in [5.74, 6) is -1.12. The van der Waals surface area contributed by atoms with E-state index in [0.717, 1.165) is 13.0 Å². The van der Waals surface area contributed by atoms with Gasteiger partial charge in [-0.05, 0) is 32.9 Å². The summed E-state index contributed by atoms with van der Waals surface area (Å²) in [7, 11) is -3.64. The molecule has 118 valence electrons. The van der Waals surface area contributed by atoms with Crippen LogP contribution in [0.1, 0.15) is 36.8 Å². The second kappa shape index (κ2) is 6.17. The van der Waals surface area contributed by atoms with Crippen molar-refractivity contribution in [3.63, 3.8) is 0 Å². The van der Waals surface area contributed by atoms with E-state index in [9.17, 15) is 18.3 Å². The van der Waals surface area contributed by atoms with Crippen molar-refractivity contribution < 1.29 is 18.3 Å². The molecule has 1 aromatic heterocycles. The molecule has 2 N–H and O–H groups in total. The maximum atomic E-state index is 12.6. The van der Waals surface area contributed by atoms with Crippen LogP contribution in [-0.4, -0.2) is 54.5 Å². The molecule has 8 heteroatoms. The molecule has 2 heterocycles. The second-order valence-corrected chi connectivity index (χ2v) is 7.31. The molecule has 0 aromatic carbocycles. The largest absolute Gasteiger partial charge is 0.477 e. The Labute approximate surface area is 124 Å². The minimum Gasteiger partial charge on any atom is -0.477 e. The summed E-state index contributed by atoms with van der Waals surface area (Å²) in [6.07, 6.45) is 2.16. The lowest BCUT2D eigenvalue weighted by Crippen LogP contribution is -2.34. The van der Waals surface area contributed by atoms with Crippen LogP contribution in [0.3, 0.4) is 0 Å². The summed E-state index contributed by atoms with van der Waals surface area (Å²) in [6.45, 7) is 5.88. The van der Waals surface area contributed by atoms with Gasteiger partial charge in [0.15, 0.2) is 0 Å². The van der Waals surface area contributed by atoms with Crippen molar-refractivity contribution in [2.24, 2.45) is 0 Å². The zero-order chi connectivity index (χ0) is 15.6. The van der Waals surface area contributed by atoms with Gasteiger partial charge in [-0.1, -0.05) is 0 Å².